The fraction of sp³-hybridized carbons (Fsp3) is 0.0769. The van der Waals surface area contributed by atoms with Crippen molar-refractivity contribution in [2.45, 2.75) is 6.92 Å². The number of carbonyl (C=O) groups excluding carboxylic acids is 1. The van der Waals surface area contributed by atoms with Gasteiger partial charge in [-0.1, -0.05) is 18.2 Å². The molecule has 0 fully saturated rings. The van der Waals surface area contributed by atoms with Crippen LogP contribution >= 0.6 is 0 Å². The molecule has 0 radical (unpaired) electrons. The molecule has 2 heterocycles. The second-order valence-electron chi connectivity index (χ2n) is 3.74. The maximum absolute atomic E-state index is 10.4. The van der Waals surface area contributed by atoms with E-state index in [1.807, 2.05) is 6.08 Å². The van der Waals surface area contributed by atoms with E-state index >= 15 is 0 Å². The van der Waals surface area contributed by atoms with Crippen LogP contribution in [-0.4, -0.2) is 26.2 Å². The summed E-state index contributed by atoms with van der Waals surface area (Å²) in [7, 11) is 0. The Bertz CT molecular complexity index is 654. The summed E-state index contributed by atoms with van der Waals surface area (Å²) < 4.78 is 0. The Morgan fingerprint density at radius 3 is 3.00 bits per heavy atom. The summed E-state index contributed by atoms with van der Waals surface area (Å²) >= 11 is 0. The van der Waals surface area contributed by atoms with Crippen LogP contribution in [0.4, 0.5) is 5.82 Å². The van der Waals surface area contributed by atoms with Gasteiger partial charge < -0.3 is 10.3 Å². The SMILES string of the molecule is C\C(C=O)=C/C=C/C=C/Nc1ncnc2nc[nH]c12. The van der Waals surface area contributed by atoms with Crippen LogP contribution in [-0.2, 0) is 4.79 Å². The number of carbonyl (C=O) groups is 1. The molecule has 0 saturated carbocycles. The van der Waals surface area contributed by atoms with Crippen LogP contribution < -0.4 is 5.32 Å². The molecule has 0 atom stereocenters. The van der Waals surface area contributed by atoms with Gasteiger partial charge in [0.2, 0.25) is 0 Å². The van der Waals surface area contributed by atoms with Crippen LogP contribution in [0.25, 0.3) is 11.2 Å². The lowest BCUT2D eigenvalue weighted by Crippen LogP contribution is -1.93. The molecule has 0 unspecified atom stereocenters. The van der Waals surface area contributed by atoms with Crippen LogP contribution in [0.5, 0.6) is 0 Å². The van der Waals surface area contributed by atoms with E-state index in [0.29, 0.717) is 17.0 Å². The summed E-state index contributed by atoms with van der Waals surface area (Å²) in [5, 5.41) is 3.03. The van der Waals surface area contributed by atoms with Crippen molar-refractivity contribution in [3.05, 3.63) is 48.7 Å². The molecule has 6 nitrogen and oxygen atoms in total. The lowest BCUT2D eigenvalue weighted by Gasteiger charge is -1.98. The lowest BCUT2D eigenvalue weighted by atomic mass is 10.3. The smallest absolute Gasteiger partial charge is 0.182 e. The molecule has 0 spiro atoms. The van der Waals surface area contributed by atoms with Gasteiger partial charge >= 0.3 is 0 Å². The quantitative estimate of drug-likeness (QED) is 0.485. The van der Waals surface area contributed by atoms with Gasteiger partial charge in [-0.15, -0.1) is 0 Å². The van der Waals surface area contributed by atoms with Crippen LogP contribution in [0.15, 0.2) is 48.7 Å². The van der Waals surface area contributed by atoms with Crippen LogP contribution in [0.3, 0.4) is 0 Å². The largest absolute Gasteiger partial charge is 0.345 e. The van der Waals surface area contributed by atoms with Crippen molar-refractivity contribution >= 4 is 23.3 Å². The highest BCUT2D eigenvalue weighted by molar-refractivity contribution is 5.82. The third-order valence-electron chi connectivity index (χ3n) is 2.31. The zero-order valence-electron chi connectivity index (χ0n) is 10.4. The van der Waals surface area contributed by atoms with E-state index in [9.17, 15) is 4.79 Å². The molecule has 0 amide bonds. The summed E-state index contributed by atoms with van der Waals surface area (Å²) in [4.78, 5) is 25.5. The molecule has 0 aromatic carbocycles. The Kier molecular flexibility index (Phi) is 4.17. The van der Waals surface area contributed by atoms with Crippen molar-refractivity contribution < 1.29 is 4.79 Å². The highest BCUT2D eigenvalue weighted by Gasteiger charge is 2.02. The zero-order valence-corrected chi connectivity index (χ0v) is 10.4. The summed E-state index contributed by atoms with van der Waals surface area (Å²) in [6, 6.07) is 0. The number of aromatic nitrogens is 4. The van der Waals surface area contributed by atoms with E-state index in [2.05, 4.69) is 25.3 Å². The zero-order chi connectivity index (χ0) is 13.5. The van der Waals surface area contributed by atoms with Crippen molar-refractivity contribution in [1.82, 2.24) is 19.9 Å². The van der Waals surface area contributed by atoms with Gasteiger partial charge in [-0.05, 0) is 18.6 Å². The molecular formula is C13H13N5O. The molecular weight excluding hydrogens is 242 g/mol. The van der Waals surface area contributed by atoms with E-state index < -0.39 is 0 Å². The number of fused-ring (bicyclic) bond motifs is 1. The molecule has 0 aliphatic carbocycles. The van der Waals surface area contributed by atoms with E-state index in [4.69, 9.17) is 0 Å². The number of aromatic amines is 1. The number of nitrogens with one attached hydrogen (secondary N) is 2. The third kappa shape index (κ3) is 3.35. The van der Waals surface area contributed by atoms with Gasteiger partial charge in [-0.2, -0.15) is 0 Å². The summed E-state index contributed by atoms with van der Waals surface area (Å²) in [6.45, 7) is 1.75. The lowest BCUT2D eigenvalue weighted by molar-refractivity contribution is -0.104. The van der Waals surface area contributed by atoms with Crippen LogP contribution in [0.2, 0.25) is 0 Å². The second kappa shape index (κ2) is 6.25. The van der Waals surface area contributed by atoms with E-state index in [1.54, 1.807) is 37.7 Å². The Labute approximate surface area is 110 Å². The predicted octanol–water partition coefficient (Wildman–Crippen LogP) is 1.98. The van der Waals surface area contributed by atoms with Gasteiger partial charge in [-0.25, -0.2) is 15.0 Å². The molecule has 19 heavy (non-hydrogen) atoms. The average molecular weight is 255 g/mol. The second-order valence-corrected chi connectivity index (χ2v) is 3.74. The maximum Gasteiger partial charge on any atom is 0.182 e. The monoisotopic (exact) mass is 255 g/mol. The molecule has 2 N–H and O–H groups in total. The summed E-state index contributed by atoms with van der Waals surface area (Å²) in [5.74, 6) is 0.659. The van der Waals surface area contributed by atoms with Crippen molar-refractivity contribution in [3.63, 3.8) is 0 Å². The number of aldehydes is 1. The summed E-state index contributed by atoms with van der Waals surface area (Å²) in [6.07, 6.45) is 12.7. The third-order valence-corrected chi connectivity index (χ3v) is 2.31. The number of imidazole rings is 1. The van der Waals surface area contributed by atoms with Gasteiger partial charge in [0.05, 0.1) is 6.33 Å². The number of hydrogen-bond acceptors (Lipinski definition) is 5. The van der Waals surface area contributed by atoms with Gasteiger partial charge in [0.15, 0.2) is 11.5 Å². The fourth-order valence-corrected chi connectivity index (χ4v) is 1.37. The maximum atomic E-state index is 10.4. The number of rotatable bonds is 5. The van der Waals surface area contributed by atoms with Gasteiger partial charge in [0, 0.05) is 6.20 Å². The van der Waals surface area contributed by atoms with Gasteiger partial charge in [0.25, 0.3) is 0 Å². The van der Waals surface area contributed by atoms with Gasteiger partial charge in [0.1, 0.15) is 18.1 Å². The van der Waals surface area contributed by atoms with E-state index in [1.165, 1.54) is 6.33 Å². The Balaban J connectivity index is 1.99. The first-order valence-electron chi connectivity index (χ1n) is 5.67. The molecule has 96 valence electrons. The number of nitrogens with zero attached hydrogens (tertiary/aromatic N) is 3. The minimum absolute atomic E-state index is 0.617. The van der Waals surface area contributed by atoms with Gasteiger partial charge in [-0.3, -0.25) is 4.79 Å². The number of hydrogen-bond donors (Lipinski definition) is 2. The number of allylic oxidation sites excluding steroid dienone is 5. The highest BCUT2D eigenvalue weighted by atomic mass is 16.1. The minimum Gasteiger partial charge on any atom is -0.345 e. The molecule has 6 heteroatoms. The Morgan fingerprint density at radius 2 is 2.16 bits per heavy atom. The van der Waals surface area contributed by atoms with Crippen molar-refractivity contribution in [2.75, 3.05) is 5.32 Å². The molecule has 0 bridgehead atoms. The van der Waals surface area contributed by atoms with E-state index in [-0.39, 0.29) is 0 Å². The molecule has 0 aliphatic heterocycles. The Hall–Kier alpha value is -2.76. The van der Waals surface area contributed by atoms with Crippen molar-refractivity contribution in [2.24, 2.45) is 0 Å². The molecule has 0 aliphatic rings. The molecule has 2 aromatic heterocycles. The molecule has 2 rings (SSSR count). The first-order chi connectivity index (χ1) is 9.31. The van der Waals surface area contributed by atoms with Crippen molar-refractivity contribution in [1.29, 1.82) is 0 Å². The minimum atomic E-state index is 0.617. The first-order valence-corrected chi connectivity index (χ1v) is 5.67. The first kappa shape index (κ1) is 12.7. The average Bonchev–Trinajstić information content (AvgIpc) is 2.91. The predicted molar refractivity (Wildman–Crippen MR) is 73.4 cm³/mol. The van der Waals surface area contributed by atoms with Crippen LogP contribution in [0.1, 0.15) is 6.92 Å². The number of H-pyrrole nitrogens is 1. The summed E-state index contributed by atoms with van der Waals surface area (Å²) in [5.41, 5.74) is 2.05. The topological polar surface area (TPSA) is 83.6 Å². The van der Waals surface area contributed by atoms with Crippen LogP contribution in [0, 0.1) is 0 Å². The molecule has 0 saturated heterocycles. The molecule has 2 aromatic rings. The van der Waals surface area contributed by atoms with Crippen molar-refractivity contribution in [3.8, 4) is 0 Å². The van der Waals surface area contributed by atoms with E-state index in [0.717, 1.165) is 11.8 Å². The fourth-order valence-electron chi connectivity index (χ4n) is 1.37. The Morgan fingerprint density at radius 1 is 1.26 bits per heavy atom. The standard InChI is InChI=1S/C13H13N5O/c1-10(7-19)5-3-2-4-6-14-12-11-13(16-8-15-11)18-9-17-12/h2-9H,1H3,(H2,14,15,16,17,18)/b3-2+,6-4+,10-5+. The normalized spacial score (nSPS) is 12.6. The number of anilines is 1. The highest BCUT2D eigenvalue weighted by Crippen LogP contribution is 2.13.